The van der Waals surface area contributed by atoms with Gasteiger partial charge in [-0.15, -0.1) is 0 Å². The third kappa shape index (κ3) is 3.24. The smallest absolute Gasteiger partial charge is 0.275 e. The predicted molar refractivity (Wildman–Crippen MR) is 116 cm³/mol. The van der Waals surface area contributed by atoms with E-state index in [1.54, 1.807) is 36.5 Å². The van der Waals surface area contributed by atoms with Gasteiger partial charge in [-0.3, -0.25) is 14.6 Å². The zero-order valence-corrected chi connectivity index (χ0v) is 17.5. The molecule has 31 heavy (non-hydrogen) atoms. The number of amides is 1. The summed E-state index contributed by atoms with van der Waals surface area (Å²) in [6.45, 7) is 2.79. The fourth-order valence-electron chi connectivity index (χ4n) is 5.43. The third-order valence-corrected chi connectivity index (χ3v) is 7.11. The number of benzene rings is 1. The molecule has 1 aromatic carbocycles. The molecule has 2 aliphatic rings. The predicted octanol–water partition coefficient (Wildman–Crippen LogP) is 2.50. The van der Waals surface area contributed by atoms with Crippen LogP contribution in [0, 0.1) is 11.8 Å². The minimum Gasteiger partial charge on any atom is -0.385 e. The van der Waals surface area contributed by atoms with Gasteiger partial charge in [-0.25, -0.2) is 4.68 Å². The van der Waals surface area contributed by atoms with E-state index in [2.05, 4.69) is 10.1 Å². The Morgan fingerprint density at radius 1 is 1.19 bits per heavy atom. The lowest BCUT2D eigenvalue weighted by Crippen LogP contribution is -2.43. The van der Waals surface area contributed by atoms with Crippen LogP contribution in [0.1, 0.15) is 37.8 Å². The topological polar surface area (TPSA) is 88.3 Å². The highest BCUT2D eigenvalue weighted by Gasteiger charge is 2.51. The highest BCUT2D eigenvalue weighted by atomic mass is 16.3. The first kappa shape index (κ1) is 19.9. The van der Waals surface area contributed by atoms with Crippen molar-refractivity contribution < 1.29 is 9.90 Å². The number of aliphatic hydroxyl groups is 1. The second-order valence-corrected chi connectivity index (χ2v) is 8.83. The van der Waals surface area contributed by atoms with E-state index in [-0.39, 0.29) is 23.3 Å². The maximum Gasteiger partial charge on any atom is 0.275 e. The number of hydrogen-bond acceptors (Lipinski definition) is 5. The SMILES string of the molecule is C[C@H](C(=O)N1C[C@@H]2CCC[C@@](O)(c3cccnc3)[C@@H]2C1)n1ncc2ccccc2c1=O. The van der Waals surface area contributed by atoms with Crippen molar-refractivity contribution in [2.45, 2.75) is 37.8 Å². The van der Waals surface area contributed by atoms with Crippen LogP contribution in [0.2, 0.25) is 0 Å². The van der Waals surface area contributed by atoms with Crippen LogP contribution < -0.4 is 5.56 Å². The molecule has 2 fully saturated rings. The maximum atomic E-state index is 13.4. The Bertz CT molecular complexity index is 1180. The molecule has 1 N–H and O–H groups in total. The number of carbonyl (C=O) groups excluding carboxylic acids is 1. The molecule has 2 aromatic heterocycles. The summed E-state index contributed by atoms with van der Waals surface area (Å²) in [6, 6.07) is 10.3. The van der Waals surface area contributed by atoms with Gasteiger partial charge in [0.25, 0.3) is 5.56 Å². The summed E-state index contributed by atoms with van der Waals surface area (Å²) in [5.41, 5.74) is -0.421. The average Bonchev–Trinajstić information content (AvgIpc) is 3.25. The normalized spacial score (nSPS) is 26.6. The monoisotopic (exact) mass is 418 g/mol. The summed E-state index contributed by atoms with van der Waals surface area (Å²) in [5, 5.41) is 17.2. The van der Waals surface area contributed by atoms with Gasteiger partial charge >= 0.3 is 0 Å². The summed E-state index contributed by atoms with van der Waals surface area (Å²) < 4.78 is 1.28. The third-order valence-electron chi connectivity index (χ3n) is 7.11. The Morgan fingerprint density at radius 2 is 2.03 bits per heavy atom. The second kappa shape index (κ2) is 7.57. The van der Waals surface area contributed by atoms with Crippen LogP contribution in [0.15, 0.2) is 59.8 Å². The molecule has 0 radical (unpaired) electrons. The first-order chi connectivity index (χ1) is 15.0. The number of pyridine rings is 1. The molecule has 1 amide bonds. The molecule has 3 heterocycles. The number of nitrogens with zero attached hydrogens (tertiary/aromatic N) is 4. The van der Waals surface area contributed by atoms with Crippen molar-refractivity contribution in [3.05, 3.63) is 70.9 Å². The van der Waals surface area contributed by atoms with Gasteiger partial charge in [0.05, 0.1) is 17.2 Å². The van der Waals surface area contributed by atoms with Crippen LogP contribution in [0.5, 0.6) is 0 Å². The minimum atomic E-state index is -0.979. The summed E-state index contributed by atoms with van der Waals surface area (Å²) in [7, 11) is 0. The second-order valence-electron chi connectivity index (χ2n) is 8.83. The van der Waals surface area contributed by atoms with Gasteiger partial charge < -0.3 is 10.0 Å². The molecule has 0 spiro atoms. The van der Waals surface area contributed by atoms with E-state index in [1.807, 2.05) is 30.3 Å². The molecule has 7 heteroatoms. The van der Waals surface area contributed by atoms with E-state index >= 15 is 0 Å². The molecule has 1 aliphatic carbocycles. The van der Waals surface area contributed by atoms with Crippen LogP contribution in [-0.2, 0) is 10.4 Å². The zero-order chi connectivity index (χ0) is 21.6. The molecule has 5 rings (SSSR count). The molecule has 1 aliphatic heterocycles. The van der Waals surface area contributed by atoms with Gasteiger partial charge in [-0.1, -0.05) is 24.3 Å². The van der Waals surface area contributed by atoms with Gasteiger partial charge in [-0.2, -0.15) is 5.10 Å². The van der Waals surface area contributed by atoms with Crippen LogP contribution in [0.3, 0.4) is 0 Å². The summed E-state index contributed by atoms with van der Waals surface area (Å²) in [4.78, 5) is 32.3. The van der Waals surface area contributed by atoms with Crippen LogP contribution in [-0.4, -0.2) is 43.8 Å². The zero-order valence-electron chi connectivity index (χ0n) is 17.5. The van der Waals surface area contributed by atoms with E-state index in [0.717, 1.165) is 23.8 Å². The Balaban J connectivity index is 1.41. The Labute approximate surface area is 180 Å². The van der Waals surface area contributed by atoms with Crippen molar-refractivity contribution in [1.82, 2.24) is 19.7 Å². The van der Waals surface area contributed by atoms with Gasteiger partial charge in [-0.05, 0) is 44.2 Å². The van der Waals surface area contributed by atoms with Crippen molar-refractivity contribution in [1.29, 1.82) is 0 Å². The lowest BCUT2D eigenvalue weighted by atomic mass is 9.68. The van der Waals surface area contributed by atoms with Crippen LogP contribution in [0.25, 0.3) is 10.8 Å². The highest BCUT2D eigenvalue weighted by molar-refractivity contribution is 5.82. The van der Waals surface area contributed by atoms with Gasteiger partial charge in [0.1, 0.15) is 6.04 Å². The van der Waals surface area contributed by atoms with Crippen molar-refractivity contribution >= 4 is 16.7 Å². The summed E-state index contributed by atoms with van der Waals surface area (Å²) in [5.74, 6) is 0.0621. The van der Waals surface area contributed by atoms with Crippen LogP contribution >= 0.6 is 0 Å². The van der Waals surface area contributed by atoms with E-state index in [1.165, 1.54) is 4.68 Å². The fraction of sp³-hybridized carbons (Fsp3) is 0.417. The van der Waals surface area contributed by atoms with Crippen molar-refractivity contribution in [2.75, 3.05) is 13.1 Å². The standard InChI is InChI=1S/C24H26N4O3/c1-16(28-23(30)20-9-3-2-6-17(20)12-26-28)22(29)27-14-18-7-4-10-24(31,21(18)15-27)19-8-5-11-25-13-19/h2-3,5-6,8-9,11-13,16,18,21,31H,4,7,10,14-15H2,1H3/t16-,18+,21-,24-/m1/s1. The molecule has 0 unspecified atom stereocenters. The fourth-order valence-corrected chi connectivity index (χ4v) is 5.43. The quantitative estimate of drug-likeness (QED) is 0.706. The Kier molecular flexibility index (Phi) is 4.85. The minimum absolute atomic E-state index is 0.0390. The molecule has 160 valence electrons. The molecular formula is C24H26N4O3. The molecule has 1 saturated heterocycles. The van der Waals surface area contributed by atoms with Crippen molar-refractivity contribution in [3.63, 3.8) is 0 Å². The van der Waals surface area contributed by atoms with E-state index in [0.29, 0.717) is 24.9 Å². The van der Waals surface area contributed by atoms with Gasteiger partial charge in [0, 0.05) is 42.4 Å². The van der Waals surface area contributed by atoms with E-state index < -0.39 is 11.6 Å². The van der Waals surface area contributed by atoms with Crippen LogP contribution in [0.4, 0.5) is 0 Å². The summed E-state index contributed by atoms with van der Waals surface area (Å²) in [6.07, 6.45) is 7.63. The number of likely N-dealkylation sites (tertiary alicyclic amines) is 1. The molecule has 1 saturated carbocycles. The molecule has 7 nitrogen and oxygen atoms in total. The Morgan fingerprint density at radius 3 is 2.84 bits per heavy atom. The molecule has 0 bridgehead atoms. The largest absolute Gasteiger partial charge is 0.385 e. The van der Waals surface area contributed by atoms with Crippen molar-refractivity contribution in [3.8, 4) is 0 Å². The molecule has 4 atom stereocenters. The van der Waals surface area contributed by atoms with E-state index in [4.69, 9.17) is 0 Å². The lowest BCUT2D eigenvalue weighted by Gasteiger charge is -2.41. The van der Waals surface area contributed by atoms with Gasteiger partial charge in [0.15, 0.2) is 0 Å². The summed E-state index contributed by atoms with van der Waals surface area (Å²) >= 11 is 0. The number of carbonyl (C=O) groups is 1. The van der Waals surface area contributed by atoms with Crippen molar-refractivity contribution in [2.24, 2.45) is 11.8 Å². The number of aromatic nitrogens is 3. The first-order valence-electron chi connectivity index (χ1n) is 10.9. The number of fused-ring (bicyclic) bond motifs is 2. The number of hydrogen-bond donors (Lipinski definition) is 1. The molecular weight excluding hydrogens is 392 g/mol. The van der Waals surface area contributed by atoms with Gasteiger partial charge in [0.2, 0.25) is 5.91 Å². The first-order valence-corrected chi connectivity index (χ1v) is 10.9. The lowest BCUT2D eigenvalue weighted by molar-refractivity contribution is -0.134. The average molecular weight is 418 g/mol. The highest BCUT2D eigenvalue weighted by Crippen LogP contribution is 2.48. The van der Waals surface area contributed by atoms with E-state index in [9.17, 15) is 14.7 Å². The number of rotatable bonds is 3. The maximum absolute atomic E-state index is 13.4. The Hall–Kier alpha value is -3.06. The molecule has 3 aromatic rings.